The molecule has 1 rings (SSSR count). The van der Waals surface area contributed by atoms with E-state index in [1.807, 2.05) is 0 Å². The topological polar surface area (TPSA) is 61.9 Å². The van der Waals surface area contributed by atoms with Crippen molar-refractivity contribution in [3.05, 3.63) is 0 Å². The molecular weight excluding hydrogens is 272 g/mol. The summed E-state index contributed by atoms with van der Waals surface area (Å²) in [6.07, 6.45) is -1.72. The van der Waals surface area contributed by atoms with Crippen LogP contribution in [0.15, 0.2) is 0 Å². The molecule has 1 saturated heterocycles. The second kappa shape index (κ2) is 7.86. The third kappa shape index (κ3) is 5.18. The molecule has 0 saturated carbocycles. The molecule has 1 aliphatic heterocycles. The fourth-order valence-corrected chi connectivity index (χ4v) is 2.00. The molecule has 1 aliphatic rings. The first-order valence-corrected chi connectivity index (χ1v) is 6.65. The van der Waals surface area contributed by atoms with E-state index in [1.54, 1.807) is 11.8 Å². The Labute approximate surface area is 117 Å². The van der Waals surface area contributed by atoms with Crippen LogP contribution < -0.4 is 5.32 Å². The molecule has 0 aromatic rings. The van der Waals surface area contributed by atoms with Crippen molar-refractivity contribution in [1.82, 2.24) is 15.1 Å². The van der Waals surface area contributed by atoms with Gasteiger partial charge in [-0.05, 0) is 19.8 Å². The first kappa shape index (κ1) is 16.5. The van der Waals surface area contributed by atoms with Crippen LogP contribution in [0.5, 0.6) is 0 Å². The molecule has 6 nitrogen and oxygen atoms in total. The molecule has 116 valence electrons. The lowest BCUT2D eigenvalue weighted by Gasteiger charge is -2.32. The highest BCUT2D eigenvalue weighted by molar-refractivity contribution is 5.74. The van der Waals surface area contributed by atoms with Crippen LogP contribution in [0.2, 0.25) is 0 Å². The van der Waals surface area contributed by atoms with Crippen LogP contribution in [0.4, 0.5) is 18.4 Å². The minimum Gasteiger partial charge on any atom is -0.450 e. The predicted octanol–water partition coefficient (Wildman–Crippen LogP) is 1.51. The number of hydrogen-bond acceptors (Lipinski definition) is 3. The van der Waals surface area contributed by atoms with Gasteiger partial charge in [-0.1, -0.05) is 0 Å². The molecule has 1 fully saturated rings. The molecule has 0 aromatic carbocycles. The highest BCUT2D eigenvalue weighted by Crippen LogP contribution is 2.12. The van der Waals surface area contributed by atoms with Crippen LogP contribution in [0.3, 0.4) is 0 Å². The number of hydrogen-bond donors (Lipinski definition) is 1. The lowest BCUT2D eigenvalue weighted by molar-refractivity contribution is 0.0922. The molecule has 0 bridgehead atoms. The first-order valence-electron chi connectivity index (χ1n) is 6.65. The van der Waals surface area contributed by atoms with E-state index >= 15 is 0 Å². The normalized spacial score (nSPS) is 16.1. The maximum absolute atomic E-state index is 12.2. The Kier molecular flexibility index (Phi) is 6.47. The molecule has 0 radical (unpaired) electrons. The molecule has 20 heavy (non-hydrogen) atoms. The predicted molar refractivity (Wildman–Crippen MR) is 68.8 cm³/mol. The van der Waals surface area contributed by atoms with E-state index in [0.717, 1.165) is 4.90 Å². The van der Waals surface area contributed by atoms with E-state index in [2.05, 4.69) is 5.32 Å². The Hall–Kier alpha value is -1.60. The number of halogens is 2. The number of amides is 3. The number of nitrogens with one attached hydrogen (secondary N) is 1. The summed E-state index contributed by atoms with van der Waals surface area (Å²) in [5.41, 5.74) is 0. The van der Waals surface area contributed by atoms with Crippen LogP contribution in [0, 0.1) is 0 Å². The number of alkyl halides is 2. The standard InChI is InChI=1S/C12H21F2N3O3/c1-3-20-12(19)17-6-4-9(5-7-17)15-11(18)16(2)8-10(13)14/h9-10H,3-8H2,1-2H3,(H,15,18). The summed E-state index contributed by atoms with van der Waals surface area (Å²) < 4.78 is 29.2. The molecule has 3 amide bonds. The molecule has 8 heteroatoms. The number of carbonyl (C=O) groups is 2. The van der Waals surface area contributed by atoms with Gasteiger partial charge in [-0.3, -0.25) is 0 Å². The number of piperidine rings is 1. The van der Waals surface area contributed by atoms with Crippen LogP contribution in [-0.2, 0) is 4.74 Å². The summed E-state index contributed by atoms with van der Waals surface area (Å²) >= 11 is 0. The quantitative estimate of drug-likeness (QED) is 0.854. The molecule has 0 aliphatic carbocycles. The molecular formula is C12H21F2N3O3. The van der Waals surface area contributed by atoms with Gasteiger partial charge in [-0.25, -0.2) is 18.4 Å². The van der Waals surface area contributed by atoms with Crippen LogP contribution >= 0.6 is 0 Å². The summed E-state index contributed by atoms with van der Waals surface area (Å²) in [6.45, 7) is 2.45. The zero-order valence-corrected chi connectivity index (χ0v) is 11.8. The van der Waals surface area contributed by atoms with Gasteiger partial charge in [0, 0.05) is 26.2 Å². The monoisotopic (exact) mass is 293 g/mol. The fraction of sp³-hybridized carbons (Fsp3) is 0.833. The van der Waals surface area contributed by atoms with E-state index in [1.165, 1.54) is 7.05 Å². The van der Waals surface area contributed by atoms with Crippen LogP contribution in [0.1, 0.15) is 19.8 Å². The Bertz CT molecular complexity index is 334. The third-order valence-electron chi connectivity index (χ3n) is 3.11. The van der Waals surface area contributed by atoms with Crippen molar-refractivity contribution in [2.45, 2.75) is 32.2 Å². The van der Waals surface area contributed by atoms with E-state index in [-0.39, 0.29) is 12.1 Å². The minimum atomic E-state index is -2.54. The minimum absolute atomic E-state index is 0.103. The van der Waals surface area contributed by atoms with Gasteiger partial charge < -0.3 is 19.9 Å². The Morgan fingerprint density at radius 1 is 1.40 bits per heavy atom. The highest BCUT2D eigenvalue weighted by atomic mass is 19.3. The molecule has 0 atom stereocenters. The van der Waals surface area contributed by atoms with E-state index in [9.17, 15) is 18.4 Å². The zero-order chi connectivity index (χ0) is 15.1. The van der Waals surface area contributed by atoms with E-state index in [4.69, 9.17) is 4.74 Å². The van der Waals surface area contributed by atoms with Crippen molar-refractivity contribution in [3.63, 3.8) is 0 Å². The summed E-state index contributed by atoms with van der Waals surface area (Å²) in [7, 11) is 1.33. The van der Waals surface area contributed by atoms with Crippen LogP contribution in [-0.4, -0.2) is 67.7 Å². The van der Waals surface area contributed by atoms with Crippen molar-refractivity contribution in [2.75, 3.05) is 33.3 Å². The van der Waals surface area contributed by atoms with Gasteiger partial charge in [-0.2, -0.15) is 0 Å². The van der Waals surface area contributed by atoms with Gasteiger partial charge in [0.15, 0.2) is 0 Å². The zero-order valence-electron chi connectivity index (χ0n) is 11.8. The number of carbonyl (C=O) groups excluding carboxylic acids is 2. The lowest BCUT2D eigenvalue weighted by Crippen LogP contribution is -2.50. The number of nitrogens with zero attached hydrogens (tertiary/aromatic N) is 2. The van der Waals surface area contributed by atoms with Crippen LogP contribution in [0.25, 0.3) is 0 Å². The average Bonchev–Trinajstić information content (AvgIpc) is 2.39. The van der Waals surface area contributed by atoms with Crippen molar-refractivity contribution < 1.29 is 23.1 Å². The largest absolute Gasteiger partial charge is 0.450 e. The maximum Gasteiger partial charge on any atom is 0.409 e. The Balaban J connectivity index is 2.31. The highest BCUT2D eigenvalue weighted by Gasteiger charge is 2.25. The first-order chi connectivity index (χ1) is 9.43. The van der Waals surface area contributed by atoms with Crippen molar-refractivity contribution >= 4 is 12.1 Å². The van der Waals surface area contributed by atoms with Crippen molar-refractivity contribution in [3.8, 4) is 0 Å². The van der Waals surface area contributed by atoms with Crippen molar-refractivity contribution in [2.24, 2.45) is 0 Å². The smallest absolute Gasteiger partial charge is 0.409 e. The average molecular weight is 293 g/mol. The molecule has 1 N–H and O–H groups in total. The van der Waals surface area contributed by atoms with Crippen molar-refractivity contribution in [1.29, 1.82) is 0 Å². The summed E-state index contributed by atoms with van der Waals surface area (Å²) in [4.78, 5) is 25.7. The van der Waals surface area contributed by atoms with Gasteiger partial charge in [0.05, 0.1) is 13.2 Å². The van der Waals surface area contributed by atoms with Gasteiger partial charge in [-0.15, -0.1) is 0 Å². The number of urea groups is 1. The molecule has 0 aromatic heterocycles. The number of likely N-dealkylation sites (tertiary alicyclic amines) is 1. The van der Waals surface area contributed by atoms with Gasteiger partial charge in [0.25, 0.3) is 6.43 Å². The maximum atomic E-state index is 12.2. The summed E-state index contributed by atoms with van der Waals surface area (Å²) in [5.74, 6) is 0. The summed E-state index contributed by atoms with van der Waals surface area (Å²) in [6, 6.07) is -0.617. The summed E-state index contributed by atoms with van der Waals surface area (Å²) in [5, 5.41) is 2.69. The SMILES string of the molecule is CCOC(=O)N1CCC(NC(=O)N(C)CC(F)F)CC1. The second-order valence-corrected chi connectivity index (χ2v) is 4.68. The number of ether oxygens (including phenoxy) is 1. The van der Waals surface area contributed by atoms with Gasteiger partial charge >= 0.3 is 12.1 Å². The fourth-order valence-electron chi connectivity index (χ4n) is 2.00. The number of rotatable bonds is 4. The Morgan fingerprint density at radius 3 is 2.50 bits per heavy atom. The van der Waals surface area contributed by atoms with Gasteiger partial charge in [0.2, 0.25) is 0 Å². The lowest BCUT2D eigenvalue weighted by atomic mass is 10.1. The Morgan fingerprint density at radius 2 is 2.00 bits per heavy atom. The molecule has 1 heterocycles. The second-order valence-electron chi connectivity index (χ2n) is 4.68. The third-order valence-corrected chi connectivity index (χ3v) is 3.11. The van der Waals surface area contributed by atoms with E-state index in [0.29, 0.717) is 32.5 Å². The molecule has 0 spiro atoms. The molecule has 0 unspecified atom stereocenters. The van der Waals surface area contributed by atoms with Gasteiger partial charge in [0.1, 0.15) is 0 Å². The van der Waals surface area contributed by atoms with E-state index < -0.39 is 19.0 Å².